The Morgan fingerprint density at radius 2 is 1.94 bits per heavy atom. The van der Waals surface area contributed by atoms with E-state index in [2.05, 4.69) is 36.4 Å². The fourth-order valence-corrected chi connectivity index (χ4v) is 5.61. The molecule has 2 heterocycles. The third-order valence-corrected chi connectivity index (χ3v) is 8.27. The Morgan fingerprint density at radius 3 is 2.64 bits per heavy atom. The summed E-state index contributed by atoms with van der Waals surface area (Å²) in [7, 11) is 0. The van der Waals surface area contributed by atoms with Crippen molar-refractivity contribution in [3.05, 3.63) is 69.7 Å². The number of benzene rings is 2. The molecule has 1 unspecified atom stereocenters. The van der Waals surface area contributed by atoms with Crippen LogP contribution in [0.4, 0.5) is 5.13 Å². The summed E-state index contributed by atoms with van der Waals surface area (Å²) in [4.78, 5) is 18.8. The normalized spacial score (nSPS) is 17.5. The van der Waals surface area contributed by atoms with Gasteiger partial charge >= 0.3 is 0 Å². The van der Waals surface area contributed by atoms with E-state index in [1.165, 1.54) is 11.3 Å². The van der Waals surface area contributed by atoms with Crippen molar-refractivity contribution in [1.29, 1.82) is 0 Å². The van der Waals surface area contributed by atoms with Crippen molar-refractivity contribution in [2.45, 2.75) is 51.1 Å². The van der Waals surface area contributed by atoms with Gasteiger partial charge in [0.2, 0.25) is 12.7 Å². The number of carbonyl (C=O) groups excluding carboxylic acids is 1. The van der Waals surface area contributed by atoms with Crippen LogP contribution in [0.15, 0.2) is 48.7 Å². The number of anilines is 1. The maximum atomic E-state index is 13.4. The van der Waals surface area contributed by atoms with Gasteiger partial charge in [0.25, 0.3) is 0 Å². The largest absolute Gasteiger partial charge is 0.454 e. The molecule has 1 aliphatic carbocycles. The molecule has 0 saturated heterocycles. The first-order chi connectivity index (χ1) is 17.2. The number of hydrogen-bond acceptors (Lipinski definition) is 7. The molecule has 3 N–H and O–H groups in total. The first-order valence-electron chi connectivity index (χ1n) is 12.0. The van der Waals surface area contributed by atoms with Gasteiger partial charge in [0.15, 0.2) is 16.6 Å². The van der Waals surface area contributed by atoms with Gasteiger partial charge in [-0.2, -0.15) is 0 Å². The number of fused-ring (bicyclic) bond motifs is 1. The number of halogens is 1. The molecule has 7 nitrogen and oxygen atoms in total. The number of hydrogen-bond donors (Lipinski definition) is 3. The Hall–Kier alpha value is -2.65. The highest BCUT2D eigenvalue weighted by molar-refractivity contribution is 7.15. The van der Waals surface area contributed by atoms with Crippen LogP contribution in [0.1, 0.15) is 55.7 Å². The fourth-order valence-electron chi connectivity index (χ4n) is 4.47. The van der Waals surface area contributed by atoms with Crippen molar-refractivity contribution in [3.63, 3.8) is 0 Å². The number of nitrogens with one attached hydrogen (secondary N) is 2. The maximum Gasteiger partial charge on any atom is 0.236 e. The molecule has 1 aromatic heterocycles. The molecule has 1 fully saturated rings. The van der Waals surface area contributed by atoms with E-state index in [0.717, 1.165) is 28.8 Å². The smallest absolute Gasteiger partial charge is 0.236 e. The molecule has 0 bridgehead atoms. The van der Waals surface area contributed by atoms with Crippen LogP contribution in [0.25, 0.3) is 0 Å². The maximum absolute atomic E-state index is 13.4. The number of ether oxygens (including phenoxy) is 2. The molecule has 2 aromatic carbocycles. The van der Waals surface area contributed by atoms with Crippen molar-refractivity contribution in [1.82, 2.24) is 10.3 Å². The molecule has 36 heavy (non-hydrogen) atoms. The van der Waals surface area contributed by atoms with Crippen molar-refractivity contribution < 1.29 is 19.4 Å². The lowest BCUT2D eigenvalue weighted by atomic mass is 9.86. The fraction of sp³-hybridized carbons (Fsp3) is 0.407. The van der Waals surface area contributed by atoms with Crippen LogP contribution in [0.2, 0.25) is 5.02 Å². The number of aliphatic hydroxyl groups is 1. The van der Waals surface area contributed by atoms with Crippen LogP contribution in [-0.2, 0) is 10.2 Å². The van der Waals surface area contributed by atoms with Crippen LogP contribution in [0.3, 0.4) is 0 Å². The predicted octanol–water partition coefficient (Wildman–Crippen LogP) is 5.28. The van der Waals surface area contributed by atoms with Gasteiger partial charge in [0.1, 0.15) is 0 Å². The Morgan fingerprint density at radius 1 is 1.19 bits per heavy atom. The minimum Gasteiger partial charge on any atom is -0.454 e. The first kappa shape index (κ1) is 25.0. The standard InChI is InChI=1S/C27H30ClN3O4S/c1-26(2,3)22(14-32)30-23(17-6-4-5-7-18(17)28)21-13-29-25(36-21)31-24(33)27(10-11-27)16-8-9-19-20(12-16)35-15-34-19/h4-9,12-13,22-23,30,32H,10-11,14-15H2,1-3H3,(H,29,31,33)/t22-,23?/m0/s1. The van der Waals surface area contributed by atoms with E-state index in [1.54, 1.807) is 6.20 Å². The molecular formula is C27H30ClN3O4S. The van der Waals surface area contributed by atoms with E-state index in [4.69, 9.17) is 21.1 Å². The molecule has 0 radical (unpaired) electrons. The highest BCUT2D eigenvalue weighted by atomic mass is 35.5. The molecule has 5 rings (SSSR count). The molecule has 1 amide bonds. The van der Waals surface area contributed by atoms with E-state index < -0.39 is 5.41 Å². The molecule has 1 saturated carbocycles. The highest BCUT2D eigenvalue weighted by Gasteiger charge is 2.52. The number of amides is 1. The van der Waals surface area contributed by atoms with Crippen molar-refractivity contribution >= 4 is 34.0 Å². The molecular weight excluding hydrogens is 498 g/mol. The average molecular weight is 528 g/mol. The molecule has 0 spiro atoms. The molecule has 2 atom stereocenters. The van der Waals surface area contributed by atoms with Crippen molar-refractivity contribution in [2.75, 3.05) is 18.7 Å². The zero-order chi connectivity index (χ0) is 25.5. The topological polar surface area (TPSA) is 92.7 Å². The molecule has 9 heteroatoms. The van der Waals surface area contributed by atoms with E-state index in [-0.39, 0.29) is 36.8 Å². The minimum absolute atomic E-state index is 0.0229. The molecule has 3 aromatic rings. The number of aliphatic hydroxyl groups excluding tert-OH is 1. The molecule has 190 valence electrons. The van der Waals surface area contributed by atoms with Crippen LogP contribution in [0.5, 0.6) is 11.5 Å². The van der Waals surface area contributed by atoms with E-state index in [9.17, 15) is 9.90 Å². The second-order valence-corrected chi connectivity index (χ2v) is 11.9. The molecule has 2 aliphatic rings. The van der Waals surface area contributed by atoms with Gasteiger partial charge < -0.3 is 19.9 Å². The summed E-state index contributed by atoms with van der Waals surface area (Å²) in [5.41, 5.74) is 1.05. The summed E-state index contributed by atoms with van der Waals surface area (Å²) in [5.74, 6) is 1.30. The lowest BCUT2D eigenvalue weighted by molar-refractivity contribution is -0.118. The van der Waals surface area contributed by atoms with Gasteiger partial charge in [0, 0.05) is 22.1 Å². The Balaban J connectivity index is 1.38. The second kappa shape index (κ2) is 9.67. The summed E-state index contributed by atoms with van der Waals surface area (Å²) < 4.78 is 10.9. The summed E-state index contributed by atoms with van der Waals surface area (Å²) in [6.07, 6.45) is 3.30. The predicted molar refractivity (Wildman–Crippen MR) is 141 cm³/mol. The Bertz CT molecular complexity index is 1270. The number of nitrogens with zero attached hydrogens (tertiary/aromatic N) is 1. The number of thiazole rings is 1. The zero-order valence-electron chi connectivity index (χ0n) is 20.5. The monoisotopic (exact) mass is 527 g/mol. The van der Waals surface area contributed by atoms with Gasteiger partial charge in [-0.05, 0) is 47.6 Å². The van der Waals surface area contributed by atoms with Crippen LogP contribution in [-0.4, -0.2) is 35.4 Å². The van der Waals surface area contributed by atoms with Gasteiger partial charge in [-0.1, -0.05) is 68.0 Å². The Labute approximate surface area is 219 Å². The highest BCUT2D eigenvalue weighted by Crippen LogP contribution is 2.51. The number of aromatic nitrogens is 1. The van der Waals surface area contributed by atoms with Crippen molar-refractivity contribution in [3.8, 4) is 11.5 Å². The SMILES string of the molecule is CC(C)(C)[C@H](CO)NC(c1cnc(NC(=O)C2(c3ccc4c(c3)OCO4)CC2)s1)c1ccccc1Cl. The van der Waals surface area contributed by atoms with Crippen molar-refractivity contribution in [2.24, 2.45) is 5.41 Å². The quantitative estimate of drug-likeness (QED) is 0.369. The minimum atomic E-state index is -0.582. The van der Waals surface area contributed by atoms with Crippen LogP contribution < -0.4 is 20.1 Å². The lowest BCUT2D eigenvalue weighted by Gasteiger charge is -2.33. The van der Waals surface area contributed by atoms with Gasteiger partial charge in [-0.25, -0.2) is 4.98 Å². The average Bonchev–Trinajstić information content (AvgIpc) is 3.30. The van der Waals surface area contributed by atoms with E-state index >= 15 is 0 Å². The first-order valence-corrected chi connectivity index (χ1v) is 13.2. The van der Waals surface area contributed by atoms with Crippen LogP contribution in [0, 0.1) is 5.41 Å². The van der Waals surface area contributed by atoms with E-state index in [1.807, 2.05) is 42.5 Å². The van der Waals surface area contributed by atoms with Crippen LogP contribution >= 0.6 is 22.9 Å². The third kappa shape index (κ3) is 4.83. The second-order valence-electron chi connectivity index (χ2n) is 10.4. The van der Waals surface area contributed by atoms with Gasteiger partial charge in [-0.3, -0.25) is 10.1 Å². The number of carbonyl (C=O) groups is 1. The van der Waals surface area contributed by atoms with E-state index in [0.29, 0.717) is 21.7 Å². The molecule has 1 aliphatic heterocycles. The Kier molecular flexibility index (Phi) is 6.72. The summed E-state index contributed by atoms with van der Waals surface area (Å²) >= 11 is 7.97. The third-order valence-electron chi connectivity index (χ3n) is 6.95. The summed E-state index contributed by atoms with van der Waals surface area (Å²) in [6, 6.07) is 12.9. The van der Waals surface area contributed by atoms with Gasteiger partial charge in [-0.15, -0.1) is 0 Å². The summed E-state index contributed by atoms with van der Waals surface area (Å²) in [6.45, 7) is 6.41. The zero-order valence-corrected chi connectivity index (χ0v) is 22.1. The lowest BCUT2D eigenvalue weighted by Crippen LogP contribution is -2.45. The summed E-state index contributed by atoms with van der Waals surface area (Å²) in [5, 5.41) is 17.8. The number of rotatable bonds is 8. The van der Waals surface area contributed by atoms with Gasteiger partial charge in [0.05, 0.1) is 18.1 Å².